The van der Waals surface area contributed by atoms with Gasteiger partial charge in [0.15, 0.2) is 0 Å². The summed E-state index contributed by atoms with van der Waals surface area (Å²) in [5, 5.41) is 2.06. The van der Waals surface area contributed by atoms with Gasteiger partial charge in [-0.1, -0.05) is 164 Å². The van der Waals surface area contributed by atoms with Gasteiger partial charge in [-0.05, 0) is 91.6 Å². The van der Waals surface area contributed by atoms with Gasteiger partial charge in [-0.3, -0.25) is 0 Å². The van der Waals surface area contributed by atoms with Crippen LogP contribution in [0.2, 0.25) is 0 Å². The molecule has 1 nitrogen and oxygen atoms in total. The summed E-state index contributed by atoms with van der Waals surface area (Å²) < 4.78 is 114. The minimum Gasteiger partial charge on any atom is -0.310 e. The van der Waals surface area contributed by atoms with Crippen LogP contribution in [0, 0.1) is 0 Å². The minimum absolute atomic E-state index is 0.123. The van der Waals surface area contributed by atoms with Crippen molar-refractivity contribution in [2.75, 3.05) is 4.90 Å². The highest BCUT2D eigenvalue weighted by Gasteiger charge is 2.15. The lowest BCUT2D eigenvalue weighted by Crippen LogP contribution is -2.10. The Labute approximate surface area is 294 Å². The van der Waals surface area contributed by atoms with E-state index in [4.69, 9.17) is 12.3 Å². The molecular formula is C46H33N. The average molecular weight is 613 g/mol. The van der Waals surface area contributed by atoms with Gasteiger partial charge < -0.3 is 4.90 Å². The molecule has 0 radical (unpaired) electrons. The van der Waals surface area contributed by atoms with Crippen molar-refractivity contribution in [1.29, 1.82) is 0 Å². The van der Waals surface area contributed by atoms with Crippen LogP contribution in [0.15, 0.2) is 200 Å². The number of fused-ring (bicyclic) bond motifs is 1. The molecule has 1 heteroatoms. The largest absolute Gasteiger partial charge is 0.310 e. The summed E-state index contributed by atoms with van der Waals surface area (Å²) in [6, 6.07) is 29.8. The van der Waals surface area contributed by atoms with Crippen LogP contribution in [0.3, 0.4) is 0 Å². The summed E-state index contributed by atoms with van der Waals surface area (Å²) >= 11 is 0. The SMILES string of the molecule is [2H]c1c([2H])c([2H])c(-c2c([2H])c([2H])c(-c3c([2H])c([2H])c(N(c4ccc(-c5ccccc5)cc4)c4cccc(-c5cccc6ccccc56)c4)c([2H])c3[2H])c([2H])c2[2H])c([2H])c1[2H]. The van der Waals surface area contributed by atoms with Crippen molar-refractivity contribution in [3.05, 3.63) is 200 Å². The van der Waals surface area contributed by atoms with Gasteiger partial charge in [0, 0.05) is 17.1 Å². The second-order valence-electron chi connectivity index (χ2n) is 10.8. The van der Waals surface area contributed by atoms with Crippen LogP contribution in [0.25, 0.3) is 55.3 Å². The molecule has 0 N–H and O–H groups in total. The summed E-state index contributed by atoms with van der Waals surface area (Å²) in [6.07, 6.45) is 0. The first-order chi connectivity index (χ1) is 28.7. The molecule has 0 aliphatic heterocycles. The second kappa shape index (κ2) is 12.7. The summed E-state index contributed by atoms with van der Waals surface area (Å²) in [7, 11) is 0. The van der Waals surface area contributed by atoms with E-state index in [1.54, 1.807) is 11.0 Å². The fourth-order valence-electron chi connectivity index (χ4n) is 5.61. The zero-order chi connectivity index (χ0) is 42.7. The molecule has 0 aromatic heterocycles. The predicted molar refractivity (Wildman–Crippen MR) is 200 cm³/mol. The van der Waals surface area contributed by atoms with Crippen molar-refractivity contribution in [2.24, 2.45) is 0 Å². The number of hydrogen-bond donors (Lipinski definition) is 0. The molecule has 0 atom stereocenters. The molecule has 47 heavy (non-hydrogen) atoms. The van der Waals surface area contributed by atoms with E-state index in [0.717, 1.165) is 33.0 Å². The number of rotatable bonds is 7. The summed E-state index contributed by atoms with van der Waals surface area (Å²) in [5.74, 6) is 0. The Balaban J connectivity index is 1.34. The first-order valence-corrected chi connectivity index (χ1v) is 15.0. The molecule has 0 bridgehead atoms. The lowest BCUT2D eigenvalue weighted by atomic mass is 9.97. The highest BCUT2D eigenvalue weighted by molar-refractivity contribution is 5.97. The maximum atomic E-state index is 9.45. The first-order valence-electron chi connectivity index (χ1n) is 21.5. The molecule has 8 aromatic rings. The van der Waals surface area contributed by atoms with Crippen LogP contribution in [-0.4, -0.2) is 0 Å². The highest BCUT2D eigenvalue weighted by atomic mass is 15.1. The quantitative estimate of drug-likeness (QED) is 0.173. The molecule has 222 valence electrons. The fourth-order valence-corrected chi connectivity index (χ4v) is 5.61. The second-order valence-corrected chi connectivity index (χ2v) is 10.8. The standard InChI is InChI=1S/C46H33N/c1-3-11-34(12-4-1)36-21-23-37(24-22-36)39-27-31-43(32-28-39)47(42-29-25-38(26-30-42)35-13-5-2-6-14-35)44-18-9-17-41(33-44)46-20-10-16-40-15-7-8-19-45(40)46/h1-33H/i1D,3D,4D,11D,12D,21D,22D,23D,24D,27D,28D,31D,32D. The Morgan fingerprint density at radius 1 is 0.340 bits per heavy atom. The van der Waals surface area contributed by atoms with Crippen molar-refractivity contribution >= 4 is 27.8 Å². The van der Waals surface area contributed by atoms with Crippen molar-refractivity contribution in [2.45, 2.75) is 0 Å². The van der Waals surface area contributed by atoms with Crippen LogP contribution >= 0.6 is 0 Å². The molecule has 0 saturated heterocycles. The van der Waals surface area contributed by atoms with Crippen molar-refractivity contribution in [3.63, 3.8) is 0 Å². The predicted octanol–water partition coefficient (Wildman–Crippen LogP) is 13.0. The summed E-state index contributed by atoms with van der Waals surface area (Å²) in [6.45, 7) is 0. The van der Waals surface area contributed by atoms with Gasteiger partial charge in [0.2, 0.25) is 0 Å². The van der Waals surface area contributed by atoms with Crippen LogP contribution in [0.5, 0.6) is 0 Å². The Morgan fingerprint density at radius 3 is 1.62 bits per heavy atom. The van der Waals surface area contributed by atoms with Gasteiger partial charge in [0.05, 0.1) is 17.8 Å². The molecule has 8 rings (SSSR count). The van der Waals surface area contributed by atoms with E-state index in [9.17, 15) is 5.48 Å². The maximum Gasteiger partial charge on any atom is 0.0645 e. The van der Waals surface area contributed by atoms with Crippen LogP contribution in [0.4, 0.5) is 17.1 Å². The van der Waals surface area contributed by atoms with Gasteiger partial charge in [0.1, 0.15) is 0 Å². The van der Waals surface area contributed by atoms with E-state index in [1.807, 2.05) is 115 Å². The molecule has 0 heterocycles. The van der Waals surface area contributed by atoms with E-state index < -0.39 is 101 Å². The fraction of sp³-hybridized carbons (Fsp3) is 0. The summed E-state index contributed by atoms with van der Waals surface area (Å²) in [4.78, 5) is 1.63. The maximum absolute atomic E-state index is 9.45. The van der Waals surface area contributed by atoms with E-state index >= 15 is 0 Å². The lowest BCUT2D eigenvalue weighted by molar-refractivity contribution is 1.28. The van der Waals surface area contributed by atoms with Crippen molar-refractivity contribution in [3.8, 4) is 44.5 Å². The zero-order valence-electron chi connectivity index (χ0n) is 38.0. The third-order valence-corrected chi connectivity index (χ3v) is 7.90. The van der Waals surface area contributed by atoms with E-state index in [2.05, 4.69) is 0 Å². The van der Waals surface area contributed by atoms with E-state index in [1.165, 1.54) is 0 Å². The Bertz CT molecular complexity index is 2930. The first kappa shape index (κ1) is 17.5. The van der Waals surface area contributed by atoms with Gasteiger partial charge >= 0.3 is 0 Å². The monoisotopic (exact) mass is 612 g/mol. The molecule has 0 amide bonds. The zero-order valence-corrected chi connectivity index (χ0v) is 25.0. The molecular weight excluding hydrogens is 567 g/mol. The lowest BCUT2D eigenvalue weighted by Gasteiger charge is -2.26. The van der Waals surface area contributed by atoms with Crippen LogP contribution < -0.4 is 4.90 Å². The smallest absolute Gasteiger partial charge is 0.0645 e. The number of hydrogen-bond acceptors (Lipinski definition) is 1. The van der Waals surface area contributed by atoms with Crippen LogP contribution in [-0.2, 0) is 0 Å². The molecule has 0 unspecified atom stereocenters. The third kappa shape index (κ3) is 5.83. The van der Waals surface area contributed by atoms with E-state index in [-0.39, 0.29) is 5.69 Å². The highest BCUT2D eigenvalue weighted by Crippen LogP contribution is 2.39. The Kier molecular flexibility index (Phi) is 4.72. The molecule has 0 spiro atoms. The molecule has 0 aliphatic carbocycles. The molecule has 0 fully saturated rings. The van der Waals surface area contributed by atoms with Crippen molar-refractivity contribution < 1.29 is 17.8 Å². The molecule has 0 aliphatic rings. The average Bonchev–Trinajstić information content (AvgIpc) is 3.27. The molecule has 8 aromatic carbocycles. The van der Waals surface area contributed by atoms with E-state index in [0.29, 0.717) is 11.4 Å². The Morgan fingerprint density at radius 2 is 0.894 bits per heavy atom. The normalized spacial score (nSPS) is 14.9. The van der Waals surface area contributed by atoms with Gasteiger partial charge in [0.25, 0.3) is 0 Å². The number of benzene rings is 8. The van der Waals surface area contributed by atoms with Gasteiger partial charge in [-0.25, -0.2) is 0 Å². The third-order valence-electron chi connectivity index (χ3n) is 7.90. The topological polar surface area (TPSA) is 3.24 Å². The van der Waals surface area contributed by atoms with Gasteiger partial charge in [-0.2, -0.15) is 0 Å². The van der Waals surface area contributed by atoms with Gasteiger partial charge in [-0.15, -0.1) is 0 Å². The minimum atomic E-state index is -0.768. The molecule has 0 saturated carbocycles. The Hall–Kier alpha value is -6.18. The number of anilines is 3. The van der Waals surface area contributed by atoms with Crippen LogP contribution in [0.1, 0.15) is 17.8 Å². The summed E-state index contributed by atoms with van der Waals surface area (Å²) in [5.41, 5.74) is 2.50. The number of nitrogens with zero attached hydrogens (tertiary/aromatic N) is 1. The van der Waals surface area contributed by atoms with Crippen molar-refractivity contribution in [1.82, 2.24) is 0 Å².